The van der Waals surface area contributed by atoms with E-state index in [0.717, 1.165) is 5.56 Å². The van der Waals surface area contributed by atoms with Crippen molar-refractivity contribution >= 4 is 29.1 Å². The highest BCUT2D eigenvalue weighted by molar-refractivity contribution is 6.46. The number of benzene rings is 2. The van der Waals surface area contributed by atoms with Gasteiger partial charge in [-0.1, -0.05) is 29.8 Å². The number of likely N-dealkylation sites (tertiary alicyclic amines) is 1. The van der Waals surface area contributed by atoms with Crippen molar-refractivity contribution in [1.82, 2.24) is 9.88 Å². The smallest absolute Gasteiger partial charge is 0.295 e. The minimum absolute atomic E-state index is 0.0103. The Morgan fingerprint density at radius 2 is 1.91 bits per heavy atom. The third kappa shape index (κ3) is 4.47. The molecule has 2 heterocycles. The number of aliphatic hydroxyl groups is 1. The van der Waals surface area contributed by atoms with Gasteiger partial charge in [0.15, 0.2) is 0 Å². The first kappa shape index (κ1) is 23.3. The lowest BCUT2D eigenvalue weighted by Crippen LogP contribution is -2.29. The van der Waals surface area contributed by atoms with E-state index in [0.29, 0.717) is 34.3 Å². The van der Waals surface area contributed by atoms with Gasteiger partial charge in [0, 0.05) is 24.5 Å². The summed E-state index contributed by atoms with van der Waals surface area (Å²) < 4.78 is 10.8. The summed E-state index contributed by atoms with van der Waals surface area (Å²) in [5.41, 5.74) is 1.73. The molecular weight excluding hydrogens is 456 g/mol. The predicted molar refractivity (Wildman–Crippen MR) is 128 cm³/mol. The molecule has 0 aliphatic carbocycles. The van der Waals surface area contributed by atoms with E-state index in [-0.39, 0.29) is 17.9 Å². The SMILES string of the molecule is CCOc1cc(/C(O)=C2/C(=O)C(=O)N(Cc3cccnc3)C2c2ccc(OC)cc2)ccc1Cl. The molecule has 3 aromatic rings. The first-order valence-corrected chi connectivity index (χ1v) is 11.1. The minimum atomic E-state index is -0.808. The molecule has 0 saturated carbocycles. The van der Waals surface area contributed by atoms with Crippen molar-refractivity contribution in [3.05, 3.63) is 94.3 Å². The highest BCUT2D eigenvalue weighted by Gasteiger charge is 2.46. The lowest BCUT2D eigenvalue weighted by atomic mass is 9.95. The van der Waals surface area contributed by atoms with Crippen LogP contribution in [-0.2, 0) is 16.1 Å². The summed E-state index contributed by atoms with van der Waals surface area (Å²) in [5, 5.41) is 11.6. The van der Waals surface area contributed by atoms with Crippen molar-refractivity contribution in [2.45, 2.75) is 19.5 Å². The molecule has 2 aromatic carbocycles. The number of ketones is 1. The molecule has 1 aromatic heterocycles. The van der Waals surface area contributed by atoms with Crippen LogP contribution in [0.3, 0.4) is 0 Å². The maximum Gasteiger partial charge on any atom is 0.295 e. The van der Waals surface area contributed by atoms with Crippen molar-refractivity contribution in [3.8, 4) is 11.5 Å². The maximum atomic E-state index is 13.2. The molecular formula is C26H23ClN2O5. The predicted octanol–water partition coefficient (Wildman–Crippen LogP) is 4.76. The van der Waals surface area contributed by atoms with Crippen LogP contribution in [0.5, 0.6) is 11.5 Å². The summed E-state index contributed by atoms with van der Waals surface area (Å²) in [6, 6.07) is 14.5. The number of aromatic nitrogens is 1. The second kappa shape index (κ2) is 9.97. The Morgan fingerprint density at radius 3 is 2.56 bits per heavy atom. The van der Waals surface area contributed by atoms with Crippen LogP contribution in [-0.4, -0.2) is 40.4 Å². The van der Waals surface area contributed by atoms with Gasteiger partial charge in [-0.2, -0.15) is 0 Å². The largest absolute Gasteiger partial charge is 0.507 e. The van der Waals surface area contributed by atoms with Gasteiger partial charge in [0.25, 0.3) is 11.7 Å². The fraction of sp³-hybridized carbons (Fsp3) is 0.192. The molecule has 1 aliphatic heterocycles. The van der Waals surface area contributed by atoms with E-state index in [9.17, 15) is 14.7 Å². The van der Waals surface area contributed by atoms with E-state index < -0.39 is 17.7 Å². The molecule has 1 aliphatic rings. The third-order valence-electron chi connectivity index (χ3n) is 5.55. The van der Waals surface area contributed by atoms with Crippen LogP contribution in [0.15, 0.2) is 72.6 Å². The summed E-state index contributed by atoms with van der Waals surface area (Å²) in [6.45, 7) is 2.35. The van der Waals surface area contributed by atoms with Gasteiger partial charge in [-0.3, -0.25) is 14.6 Å². The topological polar surface area (TPSA) is 89.0 Å². The number of ether oxygens (including phenoxy) is 2. The summed E-state index contributed by atoms with van der Waals surface area (Å²) in [5.74, 6) is -0.767. The third-order valence-corrected chi connectivity index (χ3v) is 5.86. The van der Waals surface area contributed by atoms with Crippen molar-refractivity contribution in [3.63, 3.8) is 0 Å². The highest BCUT2D eigenvalue weighted by Crippen LogP contribution is 2.41. The van der Waals surface area contributed by atoms with Gasteiger partial charge in [-0.15, -0.1) is 0 Å². The number of carbonyl (C=O) groups excluding carboxylic acids is 2. The van der Waals surface area contributed by atoms with Crippen molar-refractivity contribution < 1.29 is 24.2 Å². The molecule has 1 unspecified atom stereocenters. The van der Waals surface area contributed by atoms with Gasteiger partial charge in [0.2, 0.25) is 0 Å². The Labute approximate surface area is 202 Å². The van der Waals surface area contributed by atoms with Crippen molar-refractivity contribution in [2.75, 3.05) is 13.7 Å². The number of methoxy groups -OCH3 is 1. The molecule has 1 fully saturated rings. The van der Waals surface area contributed by atoms with E-state index in [1.165, 1.54) is 4.90 Å². The summed E-state index contributed by atoms with van der Waals surface area (Å²) in [4.78, 5) is 31.9. The van der Waals surface area contributed by atoms with E-state index >= 15 is 0 Å². The van der Waals surface area contributed by atoms with Crippen molar-refractivity contribution in [2.24, 2.45) is 0 Å². The van der Waals surface area contributed by atoms with E-state index in [1.54, 1.807) is 68.0 Å². The first-order chi connectivity index (χ1) is 16.4. The molecule has 1 saturated heterocycles. The fourth-order valence-corrected chi connectivity index (χ4v) is 4.11. The summed E-state index contributed by atoms with van der Waals surface area (Å²) in [7, 11) is 1.56. The number of carbonyl (C=O) groups is 2. The maximum absolute atomic E-state index is 13.2. The molecule has 0 spiro atoms. The van der Waals surface area contributed by atoms with Crippen LogP contribution in [0.25, 0.3) is 5.76 Å². The van der Waals surface area contributed by atoms with E-state index in [2.05, 4.69) is 4.98 Å². The van der Waals surface area contributed by atoms with Gasteiger partial charge < -0.3 is 19.5 Å². The van der Waals surface area contributed by atoms with Crippen LogP contribution in [0.1, 0.15) is 29.7 Å². The standard InChI is InChI=1S/C26H23ClN2O5/c1-3-34-21-13-18(8-11-20(21)27)24(30)22-23(17-6-9-19(33-2)10-7-17)29(26(32)25(22)31)15-16-5-4-12-28-14-16/h4-14,23,30H,3,15H2,1-2H3/b24-22-. The number of pyridine rings is 1. The fourth-order valence-electron chi connectivity index (χ4n) is 3.94. The summed E-state index contributed by atoms with van der Waals surface area (Å²) >= 11 is 6.19. The van der Waals surface area contributed by atoms with E-state index in [1.807, 2.05) is 13.0 Å². The van der Waals surface area contributed by atoms with Crippen LogP contribution in [0.4, 0.5) is 0 Å². The van der Waals surface area contributed by atoms with Crippen LogP contribution in [0, 0.1) is 0 Å². The normalized spacial score (nSPS) is 17.1. The molecule has 1 atom stereocenters. The molecule has 1 amide bonds. The zero-order valence-corrected chi connectivity index (χ0v) is 19.5. The minimum Gasteiger partial charge on any atom is -0.507 e. The van der Waals surface area contributed by atoms with Gasteiger partial charge in [0.1, 0.15) is 17.3 Å². The monoisotopic (exact) mass is 478 g/mol. The second-order valence-electron chi connectivity index (χ2n) is 7.64. The zero-order valence-electron chi connectivity index (χ0n) is 18.7. The molecule has 4 rings (SSSR count). The average Bonchev–Trinajstić information content (AvgIpc) is 3.10. The Kier molecular flexibility index (Phi) is 6.84. The molecule has 34 heavy (non-hydrogen) atoms. The number of Topliss-reactive ketones (excluding diaryl/α,β-unsaturated/α-hetero) is 1. The number of hydrogen-bond acceptors (Lipinski definition) is 6. The summed E-state index contributed by atoms with van der Waals surface area (Å²) in [6.07, 6.45) is 3.27. The Bertz CT molecular complexity index is 1240. The van der Waals surface area contributed by atoms with Crippen LogP contribution in [0.2, 0.25) is 5.02 Å². The van der Waals surface area contributed by atoms with Crippen LogP contribution < -0.4 is 9.47 Å². The quantitative estimate of drug-likeness (QED) is 0.299. The Balaban J connectivity index is 1.85. The van der Waals surface area contributed by atoms with Gasteiger partial charge >= 0.3 is 0 Å². The van der Waals surface area contributed by atoms with Gasteiger partial charge in [-0.05, 0) is 54.4 Å². The lowest BCUT2D eigenvalue weighted by Gasteiger charge is -2.25. The van der Waals surface area contributed by atoms with Gasteiger partial charge in [0.05, 0.1) is 30.4 Å². The average molecular weight is 479 g/mol. The molecule has 8 heteroatoms. The Morgan fingerprint density at radius 1 is 1.15 bits per heavy atom. The van der Waals surface area contributed by atoms with E-state index in [4.69, 9.17) is 21.1 Å². The van der Waals surface area contributed by atoms with Crippen molar-refractivity contribution in [1.29, 1.82) is 0 Å². The number of amides is 1. The first-order valence-electron chi connectivity index (χ1n) is 10.7. The number of rotatable bonds is 7. The molecule has 0 bridgehead atoms. The molecule has 0 radical (unpaired) electrons. The number of nitrogens with zero attached hydrogens (tertiary/aromatic N) is 2. The number of halogens is 1. The number of hydrogen-bond donors (Lipinski definition) is 1. The zero-order chi connectivity index (χ0) is 24.2. The molecule has 7 nitrogen and oxygen atoms in total. The molecule has 174 valence electrons. The lowest BCUT2D eigenvalue weighted by molar-refractivity contribution is -0.140. The molecule has 1 N–H and O–H groups in total. The highest BCUT2D eigenvalue weighted by atomic mass is 35.5. The van der Waals surface area contributed by atoms with Gasteiger partial charge in [-0.25, -0.2) is 0 Å². The Hall–Kier alpha value is -3.84. The van der Waals surface area contributed by atoms with Crippen LogP contribution >= 0.6 is 11.6 Å². The second-order valence-corrected chi connectivity index (χ2v) is 8.05. The number of aliphatic hydroxyl groups excluding tert-OH is 1.